The standard InChI is InChI=1S/C68H70N4O/c1-64(2,3)46-32-35-69-62(40-46)72-58-25-15-14-22-54(58)55-30-29-51(42-61(55)72)73-50-21-18-20-49(41-50)70-43-71(60-27-17-16-26-59(60)70)63-52(44-28-31-56-57(38-44)68(12,13)34-33-67(56,10)11)23-19-24-53(63)45-36-47(65(4,5)6)39-48(37-45)66(7,8)9/h14-32,35-42H,33-34H2,1-13H3/i10D3,11D3,12D3,13D3,28D,31D,33D2,34D2,38D. The maximum atomic E-state index is 10.3. The fraction of sp³-hybridized carbons (Fsp3) is 0.294. The third-order valence-corrected chi connectivity index (χ3v) is 13.9. The molecule has 5 nitrogen and oxygen atoms in total. The van der Waals surface area contributed by atoms with Crippen LogP contribution in [0.1, 0.15) is 156 Å². The van der Waals surface area contributed by atoms with E-state index < -0.39 is 96.6 Å². The lowest BCUT2D eigenvalue weighted by Crippen LogP contribution is -2.34. The van der Waals surface area contributed by atoms with Crippen LogP contribution < -0.4 is 9.30 Å². The number of hydrogen-bond acceptors (Lipinski definition) is 2. The van der Waals surface area contributed by atoms with Gasteiger partial charge in [-0.2, -0.15) is 0 Å². The quantitative estimate of drug-likeness (QED) is 0.118. The third kappa shape index (κ3) is 8.65. The molecule has 3 aromatic heterocycles. The molecule has 0 radical (unpaired) electrons. The number of para-hydroxylation sites is 4. The van der Waals surface area contributed by atoms with Crippen LogP contribution in [0.3, 0.4) is 0 Å². The minimum Gasteiger partial charge on any atom is -0.458 e. The lowest BCUT2D eigenvalue weighted by atomic mass is 9.63. The van der Waals surface area contributed by atoms with E-state index in [0.717, 1.165) is 44.3 Å². The van der Waals surface area contributed by atoms with Crippen LogP contribution in [-0.2, 0) is 27.1 Å². The molecular weight excluding hydrogens is 889 g/mol. The summed E-state index contributed by atoms with van der Waals surface area (Å²) in [6.07, 6.45) is -3.66. The van der Waals surface area contributed by atoms with Crippen molar-refractivity contribution in [2.24, 2.45) is 0 Å². The van der Waals surface area contributed by atoms with Gasteiger partial charge < -0.3 is 4.74 Å². The predicted molar refractivity (Wildman–Crippen MR) is 305 cm³/mol. The first-order chi connectivity index (χ1) is 42.4. The van der Waals surface area contributed by atoms with Gasteiger partial charge in [-0.1, -0.05) is 193 Å². The topological polar surface area (TPSA) is 35.9 Å². The summed E-state index contributed by atoms with van der Waals surface area (Å²) in [7, 11) is 0. The minimum atomic E-state index is -4.51. The molecule has 0 fully saturated rings. The Morgan fingerprint density at radius 2 is 1.22 bits per heavy atom. The summed E-state index contributed by atoms with van der Waals surface area (Å²) in [5.41, 5.74) is -6.17. The molecule has 3 heterocycles. The van der Waals surface area contributed by atoms with Crippen LogP contribution >= 0.6 is 0 Å². The minimum absolute atomic E-state index is 0.119. The Hall–Kier alpha value is -7.24. The van der Waals surface area contributed by atoms with Gasteiger partial charge in [0.1, 0.15) is 17.3 Å². The summed E-state index contributed by atoms with van der Waals surface area (Å²) in [5.74, 6) is 1.69. The van der Waals surface area contributed by atoms with Crippen LogP contribution in [0.25, 0.3) is 72.3 Å². The second kappa shape index (κ2) is 17.2. The molecule has 0 aliphatic heterocycles. The molecule has 0 amide bonds. The van der Waals surface area contributed by atoms with Gasteiger partial charge in [0.25, 0.3) is 6.33 Å². The maximum Gasteiger partial charge on any atom is 0.269 e. The molecule has 0 saturated carbocycles. The van der Waals surface area contributed by atoms with Gasteiger partial charge in [-0.15, -0.1) is 0 Å². The number of benzene rings is 7. The van der Waals surface area contributed by atoms with Crippen molar-refractivity contribution in [1.29, 1.82) is 0 Å². The molecule has 0 atom stereocenters. The molecule has 0 N–H and O–H groups in total. The highest BCUT2D eigenvalue weighted by atomic mass is 16.5. The van der Waals surface area contributed by atoms with Crippen molar-refractivity contribution in [3.05, 3.63) is 198 Å². The largest absolute Gasteiger partial charge is 0.458 e. The number of imidazole rings is 1. The van der Waals surface area contributed by atoms with Gasteiger partial charge >= 0.3 is 0 Å². The van der Waals surface area contributed by atoms with E-state index in [1.165, 1.54) is 6.07 Å². The van der Waals surface area contributed by atoms with E-state index in [1.807, 2.05) is 85.1 Å². The summed E-state index contributed by atoms with van der Waals surface area (Å²) in [6, 6.07) is 39.6. The van der Waals surface area contributed by atoms with Gasteiger partial charge in [0.15, 0.2) is 0 Å². The van der Waals surface area contributed by atoms with Gasteiger partial charge in [0.05, 0.1) is 37.6 Å². The first-order valence-corrected chi connectivity index (χ1v) is 24.5. The van der Waals surface area contributed by atoms with E-state index in [2.05, 4.69) is 97.5 Å². The van der Waals surface area contributed by atoms with Gasteiger partial charge in [-0.25, -0.2) is 4.98 Å². The summed E-state index contributed by atoms with van der Waals surface area (Å²) < 4.78 is 188. The Morgan fingerprint density at radius 1 is 0.589 bits per heavy atom. The van der Waals surface area contributed by atoms with Crippen molar-refractivity contribution in [2.45, 2.75) is 130 Å². The summed E-state index contributed by atoms with van der Waals surface area (Å²) in [5, 5.41) is 2.02. The van der Waals surface area contributed by atoms with Gasteiger partial charge in [0, 0.05) is 45.0 Å². The Kier molecular flexibility index (Phi) is 7.23. The zero-order valence-electron chi connectivity index (χ0n) is 61.6. The molecule has 0 bridgehead atoms. The molecule has 0 spiro atoms. The van der Waals surface area contributed by atoms with Gasteiger partial charge in [-0.3, -0.25) is 13.7 Å². The molecule has 10 aromatic rings. The van der Waals surface area contributed by atoms with Gasteiger partial charge in [-0.05, 0) is 138 Å². The van der Waals surface area contributed by atoms with E-state index >= 15 is 0 Å². The molecule has 11 rings (SSSR count). The van der Waals surface area contributed by atoms with Crippen LogP contribution in [0.4, 0.5) is 0 Å². The highest BCUT2D eigenvalue weighted by Crippen LogP contribution is 2.48. The van der Waals surface area contributed by atoms with E-state index in [-0.39, 0.29) is 16.7 Å². The monoisotopic (exact) mass is 978 g/mol. The number of pyridine rings is 1. The second-order valence-electron chi connectivity index (χ2n) is 22.3. The number of aromatic nitrogens is 4. The molecule has 1 aliphatic rings. The smallest absolute Gasteiger partial charge is 0.269 e. The fourth-order valence-corrected chi connectivity index (χ4v) is 9.79. The summed E-state index contributed by atoms with van der Waals surface area (Å²) >= 11 is 0. The van der Waals surface area contributed by atoms with Crippen molar-refractivity contribution >= 4 is 32.8 Å². The normalized spacial score (nSPS) is 20.6. The van der Waals surface area contributed by atoms with Crippen LogP contribution in [-0.4, -0.2) is 14.1 Å². The second-order valence-corrected chi connectivity index (χ2v) is 22.3. The van der Waals surface area contributed by atoms with Crippen molar-refractivity contribution in [2.75, 3.05) is 0 Å². The van der Waals surface area contributed by atoms with Crippen LogP contribution in [0.5, 0.6) is 11.5 Å². The number of nitrogens with zero attached hydrogens (tertiary/aromatic N) is 4. The number of rotatable bonds is 7. The first kappa shape index (κ1) is 30.7. The molecule has 1 aliphatic carbocycles. The highest BCUT2D eigenvalue weighted by Gasteiger charge is 2.37. The Morgan fingerprint density at radius 3 is 1.93 bits per heavy atom. The van der Waals surface area contributed by atoms with Crippen LogP contribution in [0, 0.1) is 6.33 Å². The number of hydrogen-bond donors (Lipinski definition) is 0. The SMILES string of the molecule is [2H]c1c([2H])c2c(c([2H])c1-c1cccc(-c3cc(C(C)(C)C)cc(C(C)(C)C)c3)c1-[n+]1[c-]n(-c3cccc(Oc4ccc5c6ccccc6n(-c6cc(C(C)(C)C)ccn6)c5c4)c3)c3ccccc31)C(C([2H])([2H])[2H])(C([2H])([2H])[2H])C([2H])([2H])C([2H])([2H])C2(C([2H])([2H])[2H])C([2H])([2H])[2H]. The summed E-state index contributed by atoms with van der Waals surface area (Å²) in [4.78, 5) is 4.84. The van der Waals surface area contributed by atoms with E-state index in [1.54, 1.807) is 39.5 Å². The van der Waals surface area contributed by atoms with E-state index in [0.29, 0.717) is 39.3 Å². The Balaban J connectivity index is 1.20. The number of ether oxygens (including phenoxy) is 1. The predicted octanol–water partition coefficient (Wildman–Crippen LogP) is 17.6. The van der Waals surface area contributed by atoms with Crippen LogP contribution in [0.2, 0.25) is 0 Å². The van der Waals surface area contributed by atoms with Crippen LogP contribution in [0.15, 0.2) is 164 Å². The number of fused-ring (bicyclic) bond motifs is 5. The van der Waals surface area contributed by atoms with Crippen molar-refractivity contribution in [3.8, 4) is 50.9 Å². The molecule has 0 unspecified atom stereocenters. The van der Waals surface area contributed by atoms with Crippen molar-refractivity contribution in [1.82, 2.24) is 14.1 Å². The average molecular weight is 978 g/mol. The van der Waals surface area contributed by atoms with E-state index in [9.17, 15) is 9.60 Å². The summed E-state index contributed by atoms with van der Waals surface area (Å²) in [6.45, 7) is 1.86. The van der Waals surface area contributed by atoms with Gasteiger partial charge in [0.2, 0.25) is 0 Å². The van der Waals surface area contributed by atoms with Crippen molar-refractivity contribution in [3.63, 3.8) is 0 Å². The van der Waals surface area contributed by atoms with E-state index in [4.69, 9.17) is 26.2 Å². The third-order valence-electron chi connectivity index (χ3n) is 13.9. The lowest BCUT2D eigenvalue weighted by molar-refractivity contribution is -0.571. The Labute approximate surface area is 459 Å². The highest BCUT2D eigenvalue weighted by molar-refractivity contribution is 6.09. The zero-order valence-corrected chi connectivity index (χ0v) is 42.6. The fourth-order valence-electron chi connectivity index (χ4n) is 9.79. The Bertz CT molecular complexity index is 4560. The maximum absolute atomic E-state index is 10.3. The molecule has 5 heteroatoms. The first-order valence-electron chi connectivity index (χ1n) is 34.0. The lowest BCUT2D eigenvalue weighted by Gasteiger charge is -2.42. The molecule has 7 aromatic carbocycles. The molecular formula is C68H70N4O. The zero-order chi connectivity index (χ0) is 67.6. The molecule has 368 valence electrons. The molecule has 73 heavy (non-hydrogen) atoms. The molecule has 0 saturated heterocycles. The average Bonchev–Trinajstić information content (AvgIpc) is 0.742. The van der Waals surface area contributed by atoms with Crippen molar-refractivity contribution < 1.29 is 35.3 Å².